The summed E-state index contributed by atoms with van der Waals surface area (Å²) in [4.78, 5) is 43.2. The van der Waals surface area contributed by atoms with E-state index >= 15 is 0 Å². The third-order valence-corrected chi connectivity index (χ3v) is 11.7. The van der Waals surface area contributed by atoms with Crippen molar-refractivity contribution in [2.75, 3.05) is 33.3 Å². The number of amides is 3. The van der Waals surface area contributed by atoms with Crippen LogP contribution in [-0.4, -0.2) is 73.1 Å². The molecule has 46 heavy (non-hydrogen) atoms. The Hall–Kier alpha value is -4.07. The van der Waals surface area contributed by atoms with Gasteiger partial charge in [0.25, 0.3) is 5.91 Å². The van der Waals surface area contributed by atoms with Gasteiger partial charge in [0, 0.05) is 13.5 Å². The van der Waals surface area contributed by atoms with E-state index in [4.69, 9.17) is 9.47 Å². The van der Waals surface area contributed by atoms with Crippen LogP contribution >= 0.6 is 7.26 Å². The topological polar surface area (TPSA) is 106 Å². The van der Waals surface area contributed by atoms with Gasteiger partial charge in [0.1, 0.15) is 34.4 Å². The molecule has 0 heterocycles. The number of alkyl carbamates (subject to hydrolysis) is 1. The minimum absolute atomic E-state index is 0.0323. The van der Waals surface area contributed by atoms with Crippen molar-refractivity contribution in [2.24, 2.45) is 4.99 Å². The number of aliphatic imine (C=N–C) groups is 1. The van der Waals surface area contributed by atoms with E-state index in [9.17, 15) is 14.4 Å². The van der Waals surface area contributed by atoms with E-state index in [-0.39, 0.29) is 22.9 Å². The second-order valence-electron chi connectivity index (χ2n) is 13.4. The van der Waals surface area contributed by atoms with Crippen LogP contribution in [-0.2, 0) is 14.3 Å². The van der Waals surface area contributed by atoms with Crippen molar-refractivity contribution < 1.29 is 28.3 Å². The first kappa shape index (κ1) is 36.4. The average Bonchev–Trinajstić information content (AvgIpc) is 2.98. The first-order chi connectivity index (χ1) is 21.6. The average molecular weight is 649 g/mol. The van der Waals surface area contributed by atoms with Gasteiger partial charge in [-0.2, -0.15) is 0 Å². The van der Waals surface area contributed by atoms with E-state index in [1.54, 1.807) is 55.6 Å². The number of benzene rings is 3. The van der Waals surface area contributed by atoms with Crippen LogP contribution in [0, 0.1) is 0 Å². The summed E-state index contributed by atoms with van der Waals surface area (Å²) in [5.41, 5.74) is -1.61. The molecule has 0 aliphatic carbocycles. The maximum atomic E-state index is 13.1. The maximum Gasteiger partial charge on any atom is 0.440 e. The molecule has 0 saturated carbocycles. The molecule has 0 bridgehead atoms. The second-order valence-corrected chi connectivity index (χ2v) is 17.0. The standard InChI is InChI=1S/C36H47N4O5P/c1-35(2,3)44-33(42)38-32(39-34(43)45-36(4,5)6)40(8,27-31(41)37-7)25-18-26-46(28-19-12-9-13-20-28,29-21-14-10-15-22-29)30-23-16-11-17-24-30/h9-17,19-24H,18,25-27H2,1-8H3/p+2. The van der Waals surface area contributed by atoms with E-state index in [0.29, 0.717) is 13.0 Å². The molecule has 246 valence electrons. The third-order valence-electron chi connectivity index (χ3n) is 7.22. The number of guanidine groups is 1. The molecule has 3 amide bonds. The molecule has 0 saturated heterocycles. The highest BCUT2D eigenvalue weighted by atomic mass is 31.2. The Labute approximate surface area is 274 Å². The highest BCUT2D eigenvalue weighted by Gasteiger charge is 2.46. The van der Waals surface area contributed by atoms with Crippen molar-refractivity contribution in [1.29, 1.82) is 0 Å². The fraction of sp³-hybridized carbons (Fsp3) is 0.389. The lowest BCUT2D eigenvalue weighted by Gasteiger charge is -2.35. The number of carbonyl (C=O) groups is 3. The van der Waals surface area contributed by atoms with Gasteiger partial charge >= 0.3 is 18.1 Å². The zero-order chi connectivity index (χ0) is 34.0. The monoisotopic (exact) mass is 648 g/mol. The number of ether oxygens (including phenoxy) is 2. The molecule has 0 spiro atoms. The Kier molecular flexibility index (Phi) is 12.2. The molecule has 3 aromatic carbocycles. The predicted octanol–water partition coefficient (Wildman–Crippen LogP) is 5.38. The lowest BCUT2D eigenvalue weighted by atomic mass is 10.2. The molecular formula is C36H49N4O5P+2. The van der Waals surface area contributed by atoms with E-state index in [1.807, 2.05) is 18.2 Å². The smallest absolute Gasteiger partial charge is 0.440 e. The zero-order valence-electron chi connectivity index (χ0n) is 28.4. The number of hydrogen-bond donors (Lipinski definition) is 2. The van der Waals surface area contributed by atoms with Gasteiger partial charge in [-0.25, -0.2) is 14.9 Å². The number of quaternary nitrogens is 1. The van der Waals surface area contributed by atoms with Crippen LogP contribution in [0.5, 0.6) is 0 Å². The third kappa shape index (κ3) is 10.2. The summed E-state index contributed by atoms with van der Waals surface area (Å²) in [5.74, 6) is -0.309. The minimum atomic E-state index is -2.18. The normalized spacial score (nSPS) is 13.7. The van der Waals surface area contributed by atoms with Crippen molar-refractivity contribution in [3.8, 4) is 0 Å². The van der Waals surface area contributed by atoms with Crippen LogP contribution in [0.15, 0.2) is 96.0 Å². The molecule has 0 fully saturated rings. The van der Waals surface area contributed by atoms with E-state index < -0.39 is 30.7 Å². The first-order valence-corrected chi connectivity index (χ1v) is 17.5. The lowest BCUT2D eigenvalue weighted by molar-refractivity contribution is -0.814. The molecule has 0 aliphatic rings. The molecule has 3 rings (SSSR count). The Morgan fingerprint density at radius 3 is 1.57 bits per heavy atom. The van der Waals surface area contributed by atoms with Gasteiger partial charge < -0.3 is 14.8 Å². The highest BCUT2D eigenvalue weighted by Crippen LogP contribution is 2.55. The summed E-state index contributed by atoms with van der Waals surface area (Å²) >= 11 is 0. The zero-order valence-corrected chi connectivity index (χ0v) is 29.3. The SMILES string of the molecule is CNC(=O)C[N+](C)(CCC[P+](c1ccccc1)(c1ccccc1)c1ccccc1)C(=NC(=O)OC(C)(C)C)NC(=O)OC(C)(C)C. The molecule has 9 nitrogen and oxygen atoms in total. The fourth-order valence-electron chi connectivity index (χ4n) is 5.24. The highest BCUT2D eigenvalue weighted by molar-refractivity contribution is 7.95. The largest absolute Gasteiger partial charge is 0.443 e. The van der Waals surface area contributed by atoms with Crippen LogP contribution < -0.4 is 26.5 Å². The van der Waals surface area contributed by atoms with E-state index in [1.165, 1.54) is 15.9 Å². The van der Waals surface area contributed by atoms with Crippen LogP contribution in [0.3, 0.4) is 0 Å². The van der Waals surface area contributed by atoms with Gasteiger partial charge in [0.15, 0.2) is 6.54 Å². The van der Waals surface area contributed by atoms with Crippen molar-refractivity contribution in [3.63, 3.8) is 0 Å². The Morgan fingerprint density at radius 2 is 1.17 bits per heavy atom. The number of nitrogens with zero attached hydrogens (tertiary/aromatic N) is 2. The summed E-state index contributed by atoms with van der Waals surface area (Å²) in [5, 5.41) is 9.09. The number of hydrogen-bond acceptors (Lipinski definition) is 5. The Balaban J connectivity index is 2.11. The van der Waals surface area contributed by atoms with Gasteiger partial charge in [-0.1, -0.05) is 54.6 Å². The van der Waals surface area contributed by atoms with Crippen LogP contribution in [0.25, 0.3) is 0 Å². The molecule has 1 atom stereocenters. The molecule has 0 radical (unpaired) electrons. The molecule has 0 aliphatic heterocycles. The van der Waals surface area contributed by atoms with Crippen LogP contribution in [0.2, 0.25) is 0 Å². The van der Waals surface area contributed by atoms with Crippen molar-refractivity contribution in [1.82, 2.24) is 10.6 Å². The van der Waals surface area contributed by atoms with Crippen molar-refractivity contribution in [3.05, 3.63) is 91.0 Å². The molecule has 3 aromatic rings. The number of rotatable bonds is 9. The summed E-state index contributed by atoms with van der Waals surface area (Å²) in [6.07, 6.45) is -0.266. The minimum Gasteiger partial charge on any atom is -0.443 e. The second kappa shape index (κ2) is 15.5. The quantitative estimate of drug-likeness (QED) is 0.140. The van der Waals surface area contributed by atoms with E-state index in [0.717, 1.165) is 6.16 Å². The molecule has 1 unspecified atom stereocenters. The van der Waals surface area contributed by atoms with Crippen molar-refractivity contribution >= 4 is 47.2 Å². The number of likely N-dealkylation sites (N-methyl/N-ethyl adjacent to an activating group) is 2. The Bertz CT molecular complexity index is 1390. The summed E-state index contributed by atoms with van der Waals surface area (Å²) in [6.45, 7) is 10.7. The van der Waals surface area contributed by atoms with Gasteiger partial charge in [-0.3, -0.25) is 9.28 Å². The molecular weight excluding hydrogens is 599 g/mol. The summed E-state index contributed by atoms with van der Waals surface area (Å²) < 4.78 is 10.8. The van der Waals surface area contributed by atoms with Crippen LogP contribution in [0.4, 0.5) is 9.59 Å². The summed E-state index contributed by atoms with van der Waals surface area (Å²) in [6, 6.07) is 31.6. The number of nitrogens with one attached hydrogen (secondary N) is 2. The summed E-state index contributed by atoms with van der Waals surface area (Å²) in [7, 11) is 1.16. The maximum absolute atomic E-state index is 13.1. The molecule has 2 N–H and O–H groups in total. The van der Waals surface area contributed by atoms with Gasteiger partial charge in [0.2, 0.25) is 0 Å². The fourth-order valence-corrected chi connectivity index (χ4v) is 9.57. The molecule has 0 aromatic heterocycles. The predicted molar refractivity (Wildman–Crippen MR) is 188 cm³/mol. The lowest BCUT2D eigenvalue weighted by Crippen LogP contribution is -2.61. The molecule has 10 heteroatoms. The van der Waals surface area contributed by atoms with Gasteiger partial charge in [0.05, 0.1) is 19.8 Å². The van der Waals surface area contributed by atoms with E-state index in [2.05, 4.69) is 88.4 Å². The van der Waals surface area contributed by atoms with Gasteiger partial charge in [-0.15, -0.1) is 4.99 Å². The number of carbonyl (C=O) groups excluding carboxylic acids is 3. The Morgan fingerprint density at radius 1 is 0.739 bits per heavy atom. The van der Waals surface area contributed by atoms with Gasteiger partial charge in [-0.05, 0) is 77.9 Å². The van der Waals surface area contributed by atoms with Crippen LogP contribution in [0.1, 0.15) is 48.0 Å². The van der Waals surface area contributed by atoms with Crippen molar-refractivity contribution in [2.45, 2.75) is 59.2 Å². The first-order valence-electron chi connectivity index (χ1n) is 15.5.